The van der Waals surface area contributed by atoms with Gasteiger partial charge in [0.2, 0.25) is 0 Å². The van der Waals surface area contributed by atoms with Gasteiger partial charge in [-0.2, -0.15) is 0 Å². The van der Waals surface area contributed by atoms with E-state index in [-0.39, 0.29) is 6.42 Å². The molecule has 0 spiro atoms. The first kappa shape index (κ1) is 16.2. The summed E-state index contributed by atoms with van der Waals surface area (Å²) < 4.78 is 11.4. The average Bonchev–Trinajstić information content (AvgIpc) is 2.60. The number of cyclic esters (lactones) is 2. The van der Waals surface area contributed by atoms with Gasteiger partial charge in [-0.25, -0.2) is 0 Å². The van der Waals surface area contributed by atoms with E-state index in [0.29, 0.717) is 11.1 Å². The lowest BCUT2D eigenvalue weighted by Gasteiger charge is -2.38. The molecule has 0 bridgehead atoms. The van der Waals surface area contributed by atoms with Gasteiger partial charge in [0.05, 0.1) is 0 Å². The minimum atomic E-state index is -1.51. The van der Waals surface area contributed by atoms with E-state index in [0.717, 1.165) is 24.0 Å². The van der Waals surface area contributed by atoms with Crippen LogP contribution in [-0.2, 0) is 37.7 Å². The molecule has 1 heterocycles. The smallest absolute Gasteiger partial charge is 0.320 e. The fraction of sp³-hybridized carbons (Fsp3) is 0.300. The van der Waals surface area contributed by atoms with Crippen LogP contribution in [0.2, 0.25) is 0 Å². The SMILES string of the molecule is CCc1ccccc1C1(c2ccccc2CC)OC(=O)CC(=O)O1. The molecule has 124 valence electrons. The van der Waals surface area contributed by atoms with Crippen LogP contribution in [0.1, 0.15) is 42.5 Å². The second-order valence-corrected chi connectivity index (χ2v) is 5.76. The molecule has 4 nitrogen and oxygen atoms in total. The Morgan fingerprint density at radius 2 is 1.21 bits per heavy atom. The Balaban J connectivity index is 2.29. The number of benzene rings is 2. The van der Waals surface area contributed by atoms with Crippen molar-refractivity contribution in [3.05, 3.63) is 70.8 Å². The first-order chi connectivity index (χ1) is 11.6. The van der Waals surface area contributed by atoms with Crippen LogP contribution in [0.4, 0.5) is 0 Å². The zero-order valence-corrected chi connectivity index (χ0v) is 13.9. The van der Waals surface area contributed by atoms with Gasteiger partial charge in [0.1, 0.15) is 6.42 Å². The number of hydrogen-bond acceptors (Lipinski definition) is 4. The predicted molar refractivity (Wildman–Crippen MR) is 89.2 cm³/mol. The topological polar surface area (TPSA) is 52.6 Å². The summed E-state index contributed by atoms with van der Waals surface area (Å²) in [4.78, 5) is 24.2. The van der Waals surface area contributed by atoms with Crippen LogP contribution < -0.4 is 0 Å². The van der Waals surface area contributed by atoms with Crippen LogP contribution >= 0.6 is 0 Å². The third-order valence-corrected chi connectivity index (χ3v) is 4.31. The summed E-state index contributed by atoms with van der Waals surface area (Å²) in [7, 11) is 0. The van der Waals surface area contributed by atoms with E-state index in [4.69, 9.17) is 9.47 Å². The van der Waals surface area contributed by atoms with Gasteiger partial charge < -0.3 is 9.47 Å². The molecule has 1 aliphatic heterocycles. The van der Waals surface area contributed by atoms with Crippen LogP contribution in [0.5, 0.6) is 0 Å². The molecule has 1 fully saturated rings. The molecule has 1 aliphatic rings. The van der Waals surface area contributed by atoms with E-state index in [2.05, 4.69) is 0 Å². The van der Waals surface area contributed by atoms with E-state index in [9.17, 15) is 9.59 Å². The largest absolute Gasteiger partial charge is 0.413 e. The lowest BCUT2D eigenvalue weighted by atomic mass is 9.88. The van der Waals surface area contributed by atoms with Gasteiger partial charge >= 0.3 is 17.7 Å². The van der Waals surface area contributed by atoms with Crippen LogP contribution in [-0.4, -0.2) is 11.9 Å². The minimum absolute atomic E-state index is 0.357. The van der Waals surface area contributed by atoms with Crippen molar-refractivity contribution < 1.29 is 19.1 Å². The van der Waals surface area contributed by atoms with Gasteiger partial charge in [0, 0.05) is 11.1 Å². The quantitative estimate of drug-likeness (QED) is 0.638. The van der Waals surface area contributed by atoms with Gasteiger partial charge in [-0.3, -0.25) is 9.59 Å². The molecule has 0 saturated carbocycles. The van der Waals surface area contributed by atoms with Crippen molar-refractivity contribution >= 4 is 11.9 Å². The lowest BCUT2D eigenvalue weighted by molar-refractivity contribution is -0.234. The van der Waals surface area contributed by atoms with Crippen LogP contribution in [0.3, 0.4) is 0 Å². The first-order valence-electron chi connectivity index (χ1n) is 8.21. The van der Waals surface area contributed by atoms with Gasteiger partial charge in [-0.1, -0.05) is 62.4 Å². The van der Waals surface area contributed by atoms with Gasteiger partial charge in [0.15, 0.2) is 0 Å². The molecule has 0 unspecified atom stereocenters. The van der Waals surface area contributed by atoms with E-state index in [1.807, 2.05) is 62.4 Å². The fourth-order valence-electron chi connectivity index (χ4n) is 3.20. The van der Waals surface area contributed by atoms with Crippen molar-refractivity contribution in [1.29, 1.82) is 0 Å². The molecule has 4 heteroatoms. The molecule has 0 amide bonds. The number of aryl methyl sites for hydroxylation is 2. The number of carbonyl (C=O) groups excluding carboxylic acids is 2. The zero-order valence-electron chi connectivity index (χ0n) is 13.9. The third kappa shape index (κ3) is 2.68. The summed E-state index contributed by atoms with van der Waals surface area (Å²) >= 11 is 0. The van der Waals surface area contributed by atoms with E-state index in [1.165, 1.54) is 0 Å². The molecule has 2 aromatic rings. The maximum absolute atomic E-state index is 12.1. The number of carbonyl (C=O) groups is 2. The Hall–Kier alpha value is -2.62. The number of esters is 2. The highest BCUT2D eigenvalue weighted by Gasteiger charge is 2.48. The van der Waals surface area contributed by atoms with Crippen LogP contribution in [0.25, 0.3) is 0 Å². The Morgan fingerprint density at radius 3 is 1.62 bits per heavy atom. The molecule has 3 rings (SSSR count). The Kier molecular flexibility index (Phi) is 4.38. The van der Waals surface area contributed by atoms with Crippen molar-refractivity contribution in [1.82, 2.24) is 0 Å². The average molecular weight is 324 g/mol. The highest BCUT2D eigenvalue weighted by molar-refractivity contribution is 5.93. The lowest BCUT2D eigenvalue weighted by Crippen LogP contribution is -2.45. The summed E-state index contributed by atoms with van der Waals surface area (Å²) in [6.07, 6.45) is 1.12. The van der Waals surface area contributed by atoms with E-state index < -0.39 is 17.7 Å². The Labute approximate surface area is 141 Å². The number of ether oxygens (including phenoxy) is 2. The molecule has 0 N–H and O–H groups in total. The predicted octanol–water partition coefficient (Wildman–Crippen LogP) is 3.50. The highest BCUT2D eigenvalue weighted by atomic mass is 16.7. The molecule has 0 aliphatic carbocycles. The normalized spacial score (nSPS) is 16.4. The second-order valence-electron chi connectivity index (χ2n) is 5.76. The van der Waals surface area contributed by atoms with Crippen molar-refractivity contribution in [2.75, 3.05) is 0 Å². The van der Waals surface area contributed by atoms with Crippen LogP contribution in [0.15, 0.2) is 48.5 Å². The summed E-state index contributed by atoms with van der Waals surface area (Å²) in [5, 5.41) is 0. The molecule has 1 saturated heterocycles. The third-order valence-electron chi connectivity index (χ3n) is 4.31. The molecular formula is C20H20O4. The minimum Gasteiger partial charge on any atom is -0.413 e. The van der Waals surface area contributed by atoms with Crippen molar-refractivity contribution in [3.63, 3.8) is 0 Å². The van der Waals surface area contributed by atoms with Crippen LogP contribution in [0, 0.1) is 0 Å². The molecule has 24 heavy (non-hydrogen) atoms. The second kappa shape index (κ2) is 6.48. The van der Waals surface area contributed by atoms with E-state index >= 15 is 0 Å². The molecular weight excluding hydrogens is 304 g/mol. The fourth-order valence-corrected chi connectivity index (χ4v) is 3.20. The molecule has 0 aromatic heterocycles. The molecule has 2 aromatic carbocycles. The maximum Gasteiger partial charge on any atom is 0.320 e. The molecule has 0 radical (unpaired) electrons. The Morgan fingerprint density at radius 1 is 0.792 bits per heavy atom. The Bertz CT molecular complexity index is 713. The zero-order chi connectivity index (χ0) is 17.2. The van der Waals surface area contributed by atoms with Crippen molar-refractivity contribution in [2.24, 2.45) is 0 Å². The summed E-state index contributed by atoms with van der Waals surface area (Å²) in [6, 6.07) is 15.2. The van der Waals surface area contributed by atoms with Crippen molar-refractivity contribution in [2.45, 2.75) is 38.9 Å². The number of rotatable bonds is 4. The number of hydrogen-bond donors (Lipinski definition) is 0. The standard InChI is InChI=1S/C20H20O4/c1-3-14-9-5-7-11-16(14)20(23-18(21)13-19(22)24-20)17-12-8-6-10-15(17)4-2/h5-12H,3-4,13H2,1-2H3. The first-order valence-corrected chi connectivity index (χ1v) is 8.21. The molecule has 0 atom stereocenters. The van der Waals surface area contributed by atoms with Gasteiger partial charge in [-0.15, -0.1) is 0 Å². The van der Waals surface area contributed by atoms with Gasteiger partial charge in [-0.05, 0) is 24.0 Å². The highest BCUT2D eigenvalue weighted by Crippen LogP contribution is 2.41. The van der Waals surface area contributed by atoms with Gasteiger partial charge in [0.25, 0.3) is 0 Å². The summed E-state index contributed by atoms with van der Waals surface area (Å²) in [5.41, 5.74) is 3.36. The maximum atomic E-state index is 12.1. The monoisotopic (exact) mass is 324 g/mol. The van der Waals surface area contributed by atoms with E-state index in [1.54, 1.807) is 0 Å². The van der Waals surface area contributed by atoms with Crippen molar-refractivity contribution in [3.8, 4) is 0 Å². The summed E-state index contributed by atoms with van der Waals surface area (Å²) in [6.45, 7) is 4.04. The summed E-state index contributed by atoms with van der Waals surface area (Å²) in [5.74, 6) is -2.64.